The summed E-state index contributed by atoms with van der Waals surface area (Å²) in [5.74, 6) is 0.00258. The molecule has 1 fully saturated rings. The molecule has 2 aromatic rings. The number of hydrogen-bond donors (Lipinski definition) is 2. The van der Waals surface area contributed by atoms with E-state index >= 15 is 0 Å². The summed E-state index contributed by atoms with van der Waals surface area (Å²) in [4.78, 5) is 37.8. The van der Waals surface area contributed by atoms with Gasteiger partial charge in [0.1, 0.15) is 0 Å². The Morgan fingerprint density at radius 1 is 1.18 bits per heavy atom. The smallest absolute Gasteiger partial charge is 0.252 e. The van der Waals surface area contributed by atoms with E-state index in [1.165, 1.54) is 11.3 Å². The van der Waals surface area contributed by atoms with Crippen LogP contribution in [0.1, 0.15) is 48.0 Å². The molecule has 6 nitrogen and oxygen atoms in total. The highest BCUT2D eigenvalue weighted by Crippen LogP contribution is 2.17. The Morgan fingerprint density at radius 2 is 2.07 bits per heavy atom. The summed E-state index contributed by atoms with van der Waals surface area (Å²) < 4.78 is 0. The minimum absolute atomic E-state index is 0.0871. The number of rotatable bonds is 8. The minimum Gasteiger partial charge on any atom is -0.352 e. The van der Waals surface area contributed by atoms with Crippen molar-refractivity contribution >= 4 is 34.7 Å². The Balaban J connectivity index is 1.41. The largest absolute Gasteiger partial charge is 0.352 e. The first-order chi connectivity index (χ1) is 13.6. The summed E-state index contributed by atoms with van der Waals surface area (Å²) in [6.07, 6.45) is 3.55. The Hall–Kier alpha value is -2.67. The van der Waals surface area contributed by atoms with Crippen molar-refractivity contribution < 1.29 is 14.4 Å². The predicted octanol–water partition coefficient (Wildman–Crippen LogP) is 3.41. The van der Waals surface area contributed by atoms with Crippen molar-refractivity contribution in [3.8, 4) is 0 Å². The maximum Gasteiger partial charge on any atom is 0.252 e. The number of carbonyl (C=O) groups is 3. The highest BCUT2D eigenvalue weighted by atomic mass is 32.1. The van der Waals surface area contributed by atoms with Crippen molar-refractivity contribution in [2.75, 3.05) is 18.4 Å². The highest BCUT2D eigenvalue weighted by molar-refractivity contribution is 7.08. The first-order valence-electron chi connectivity index (χ1n) is 9.59. The summed E-state index contributed by atoms with van der Waals surface area (Å²) in [6, 6.07) is 9.39. The van der Waals surface area contributed by atoms with Crippen LogP contribution in [0.2, 0.25) is 0 Å². The molecular formula is C21H25N3O3S. The minimum atomic E-state index is -0.110. The lowest BCUT2D eigenvalue weighted by atomic mass is 10.1. The molecule has 3 rings (SSSR count). The topological polar surface area (TPSA) is 78.5 Å². The summed E-state index contributed by atoms with van der Waals surface area (Å²) in [7, 11) is 0. The second-order valence-corrected chi connectivity index (χ2v) is 7.67. The highest BCUT2D eigenvalue weighted by Gasteiger charge is 2.18. The van der Waals surface area contributed by atoms with Crippen molar-refractivity contribution in [3.63, 3.8) is 0 Å². The molecule has 7 heteroatoms. The lowest BCUT2D eigenvalue weighted by Gasteiger charge is -2.26. The summed E-state index contributed by atoms with van der Waals surface area (Å²) in [6.45, 7) is 1.84. The summed E-state index contributed by atoms with van der Waals surface area (Å²) in [5, 5.41) is 9.36. The van der Waals surface area contributed by atoms with Gasteiger partial charge in [0.25, 0.3) is 5.91 Å². The van der Waals surface area contributed by atoms with Crippen LogP contribution in [0.3, 0.4) is 0 Å². The molecule has 0 aliphatic carbocycles. The number of anilines is 1. The molecule has 1 aliphatic rings. The number of nitrogens with one attached hydrogen (secondary N) is 2. The third-order valence-corrected chi connectivity index (χ3v) is 5.34. The van der Waals surface area contributed by atoms with Crippen LogP contribution in [0.5, 0.6) is 0 Å². The molecule has 1 aromatic heterocycles. The van der Waals surface area contributed by atoms with Crippen LogP contribution in [0.15, 0.2) is 41.1 Å². The van der Waals surface area contributed by atoms with E-state index in [1.807, 2.05) is 34.5 Å². The predicted molar refractivity (Wildman–Crippen MR) is 110 cm³/mol. The molecule has 3 amide bonds. The van der Waals surface area contributed by atoms with Crippen molar-refractivity contribution in [3.05, 3.63) is 52.2 Å². The number of nitrogens with zero attached hydrogens (tertiary/aromatic N) is 1. The first-order valence-corrected chi connectivity index (χ1v) is 10.5. The number of benzene rings is 1. The molecule has 0 saturated carbocycles. The Bertz CT molecular complexity index is 820. The molecule has 2 heterocycles. The van der Waals surface area contributed by atoms with E-state index in [-0.39, 0.29) is 17.7 Å². The van der Waals surface area contributed by atoms with Gasteiger partial charge < -0.3 is 15.5 Å². The van der Waals surface area contributed by atoms with Gasteiger partial charge in [-0.3, -0.25) is 14.4 Å². The lowest BCUT2D eigenvalue weighted by molar-refractivity contribution is -0.133. The van der Waals surface area contributed by atoms with Crippen LogP contribution in [-0.4, -0.2) is 35.7 Å². The van der Waals surface area contributed by atoms with Gasteiger partial charge in [-0.05, 0) is 48.4 Å². The average Bonchev–Trinajstić information content (AvgIpc) is 3.22. The fourth-order valence-electron chi connectivity index (χ4n) is 3.17. The van der Waals surface area contributed by atoms with Crippen LogP contribution in [-0.2, 0) is 16.1 Å². The second kappa shape index (κ2) is 10.0. The lowest BCUT2D eigenvalue weighted by Crippen LogP contribution is -2.34. The van der Waals surface area contributed by atoms with E-state index < -0.39 is 0 Å². The quantitative estimate of drug-likeness (QED) is 0.668. The monoisotopic (exact) mass is 399 g/mol. The Morgan fingerprint density at radius 3 is 2.86 bits per heavy atom. The molecule has 1 saturated heterocycles. The third-order valence-electron chi connectivity index (χ3n) is 4.66. The molecule has 1 aliphatic heterocycles. The van der Waals surface area contributed by atoms with Crippen LogP contribution in [0, 0.1) is 0 Å². The summed E-state index contributed by atoms with van der Waals surface area (Å²) in [5.41, 5.74) is 2.39. The normalized spacial score (nSPS) is 14.0. The second-order valence-electron chi connectivity index (χ2n) is 6.89. The van der Waals surface area contributed by atoms with Gasteiger partial charge in [-0.1, -0.05) is 12.1 Å². The standard InChI is InChI=1S/C21H25N3O3S/c25-19(7-4-10-22-21(27)17-9-12-28-15-17)23-18-6-3-5-16(13-18)14-24-11-2-1-8-20(24)26/h3,5-6,9,12-13,15H,1-2,4,7-8,10-11,14H2,(H,22,27)(H,23,25). The average molecular weight is 400 g/mol. The van der Waals surface area contributed by atoms with Gasteiger partial charge in [0.2, 0.25) is 11.8 Å². The van der Waals surface area contributed by atoms with Gasteiger partial charge in [0.05, 0.1) is 0 Å². The molecule has 2 N–H and O–H groups in total. The zero-order chi connectivity index (χ0) is 19.8. The van der Waals surface area contributed by atoms with Gasteiger partial charge in [0.15, 0.2) is 0 Å². The maximum absolute atomic E-state index is 12.2. The van der Waals surface area contributed by atoms with Gasteiger partial charge in [-0.25, -0.2) is 0 Å². The van der Waals surface area contributed by atoms with E-state index in [1.54, 1.807) is 11.4 Å². The van der Waals surface area contributed by atoms with Crippen molar-refractivity contribution in [2.45, 2.75) is 38.6 Å². The molecular weight excluding hydrogens is 374 g/mol. The zero-order valence-electron chi connectivity index (χ0n) is 15.8. The molecule has 1 aromatic carbocycles. The molecule has 0 unspecified atom stereocenters. The molecule has 0 radical (unpaired) electrons. The molecule has 28 heavy (non-hydrogen) atoms. The Kier molecular flexibility index (Phi) is 7.19. The van der Waals surface area contributed by atoms with E-state index in [4.69, 9.17) is 0 Å². The third kappa shape index (κ3) is 5.92. The van der Waals surface area contributed by atoms with Crippen LogP contribution in [0.4, 0.5) is 5.69 Å². The van der Waals surface area contributed by atoms with Crippen molar-refractivity contribution in [1.82, 2.24) is 10.2 Å². The number of piperidine rings is 1. The Labute approximate surface area is 168 Å². The van der Waals surface area contributed by atoms with E-state index in [0.29, 0.717) is 37.9 Å². The fraction of sp³-hybridized carbons (Fsp3) is 0.381. The first kappa shape index (κ1) is 20.1. The zero-order valence-corrected chi connectivity index (χ0v) is 16.6. The summed E-state index contributed by atoms with van der Waals surface area (Å²) >= 11 is 1.48. The van der Waals surface area contributed by atoms with Crippen LogP contribution in [0.25, 0.3) is 0 Å². The van der Waals surface area contributed by atoms with Gasteiger partial charge in [0, 0.05) is 49.1 Å². The number of carbonyl (C=O) groups excluding carboxylic acids is 3. The van der Waals surface area contributed by atoms with Crippen LogP contribution >= 0.6 is 11.3 Å². The molecule has 148 valence electrons. The SMILES string of the molecule is O=C(CCCNC(=O)c1ccsc1)Nc1cccc(CN2CCCCC2=O)c1. The molecule has 0 spiro atoms. The fourth-order valence-corrected chi connectivity index (χ4v) is 3.80. The van der Waals surface area contributed by atoms with E-state index in [9.17, 15) is 14.4 Å². The van der Waals surface area contributed by atoms with Gasteiger partial charge in [-0.15, -0.1) is 0 Å². The molecule has 0 bridgehead atoms. The molecule has 0 atom stereocenters. The number of hydrogen-bond acceptors (Lipinski definition) is 4. The maximum atomic E-state index is 12.2. The van der Waals surface area contributed by atoms with Crippen molar-refractivity contribution in [1.29, 1.82) is 0 Å². The van der Waals surface area contributed by atoms with Crippen LogP contribution < -0.4 is 10.6 Å². The van der Waals surface area contributed by atoms with E-state index in [0.717, 1.165) is 30.6 Å². The number of likely N-dealkylation sites (tertiary alicyclic amines) is 1. The van der Waals surface area contributed by atoms with Gasteiger partial charge >= 0.3 is 0 Å². The van der Waals surface area contributed by atoms with E-state index in [2.05, 4.69) is 10.6 Å². The number of thiophene rings is 1. The van der Waals surface area contributed by atoms with Gasteiger partial charge in [-0.2, -0.15) is 11.3 Å². The van der Waals surface area contributed by atoms with Crippen molar-refractivity contribution in [2.24, 2.45) is 0 Å². The number of amides is 3.